The van der Waals surface area contributed by atoms with Gasteiger partial charge < -0.3 is 9.80 Å². The second-order valence-electron chi connectivity index (χ2n) is 6.44. The number of hydrogen-bond acceptors (Lipinski definition) is 7. The predicted octanol–water partition coefficient (Wildman–Crippen LogP) is 3.47. The van der Waals surface area contributed by atoms with E-state index in [2.05, 4.69) is 54.8 Å². The maximum atomic E-state index is 4.94. The van der Waals surface area contributed by atoms with Crippen molar-refractivity contribution in [3.8, 4) is 11.4 Å². The molecule has 0 N–H and O–H groups in total. The van der Waals surface area contributed by atoms with Crippen molar-refractivity contribution in [2.75, 3.05) is 36.0 Å². The Morgan fingerprint density at radius 3 is 2.52 bits per heavy atom. The van der Waals surface area contributed by atoms with Gasteiger partial charge in [-0.2, -0.15) is 11.3 Å². The van der Waals surface area contributed by atoms with Crippen molar-refractivity contribution in [2.24, 2.45) is 0 Å². The summed E-state index contributed by atoms with van der Waals surface area (Å²) in [6.07, 6.45) is 5.27. The Morgan fingerprint density at radius 1 is 0.889 bits per heavy atom. The van der Waals surface area contributed by atoms with Crippen LogP contribution in [0.5, 0.6) is 0 Å². The Morgan fingerprint density at radius 2 is 1.74 bits per heavy atom. The third kappa shape index (κ3) is 3.10. The standard InChI is InChI=1S/C20H18N6S/c1-2-4-17-16(3-1)20(24-19(23-17)15-5-12-27-14-15)26-10-8-25(9-11-26)18-13-21-6-7-22-18/h1-7,12-14H,8-11H2. The van der Waals surface area contributed by atoms with Crippen LogP contribution in [-0.2, 0) is 0 Å². The number of thiophene rings is 1. The number of benzene rings is 1. The van der Waals surface area contributed by atoms with Gasteiger partial charge in [0.05, 0.1) is 11.7 Å². The summed E-state index contributed by atoms with van der Waals surface area (Å²) in [6.45, 7) is 3.57. The first-order chi connectivity index (χ1) is 13.4. The quantitative estimate of drug-likeness (QED) is 0.547. The van der Waals surface area contributed by atoms with Crippen LogP contribution in [-0.4, -0.2) is 46.1 Å². The van der Waals surface area contributed by atoms with Gasteiger partial charge in [0, 0.05) is 54.9 Å². The summed E-state index contributed by atoms with van der Waals surface area (Å²) >= 11 is 1.67. The molecule has 0 saturated carbocycles. The van der Waals surface area contributed by atoms with Crippen molar-refractivity contribution in [2.45, 2.75) is 0 Å². The fourth-order valence-corrected chi connectivity index (χ4v) is 4.06. The highest BCUT2D eigenvalue weighted by atomic mass is 32.1. The topological polar surface area (TPSA) is 58.0 Å². The Hall–Kier alpha value is -3.06. The molecule has 0 bridgehead atoms. The molecule has 27 heavy (non-hydrogen) atoms. The Kier molecular flexibility index (Phi) is 4.14. The Bertz CT molecular complexity index is 1040. The molecule has 1 fully saturated rings. The first-order valence-electron chi connectivity index (χ1n) is 8.94. The number of anilines is 2. The molecule has 0 aliphatic carbocycles. The highest BCUT2D eigenvalue weighted by Gasteiger charge is 2.22. The number of aromatic nitrogens is 4. The van der Waals surface area contributed by atoms with Gasteiger partial charge in [0.25, 0.3) is 0 Å². The van der Waals surface area contributed by atoms with E-state index in [0.29, 0.717) is 0 Å². The van der Waals surface area contributed by atoms with E-state index in [9.17, 15) is 0 Å². The highest BCUT2D eigenvalue weighted by Crippen LogP contribution is 2.29. The fourth-order valence-electron chi connectivity index (χ4n) is 3.42. The predicted molar refractivity (Wildman–Crippen MR) is 109 cm³/mol. The summed E-state index contributed by atoms with van der Waals surface area (Å²) in [5, 5.41) is 5.26. The van der Waals surface area contributed by atoms with E-state index in [4.69, 9.17) is 9.97 Å². The maximum absolute atomic E-state index is 4.94. The van der Waals surface area contributed by atoms with Crippen LogP contribution >= 0.6 is 11.3 Å². The first-order valence-corrected chi connectivity index (χ1v) is 9.88. The van der Waals surface area contributed by atoms with Crippen molar-refractivity contribution in [1.29, 1.82) is 0 Å². The van der Waals surface area contributed by atoms with Crippen molar-refractivity contribution < 1.29 is 0 Å². The molecule has 7 heteroatoms. The summed E-state index contributed by atoms with van der Waals surface area (Å²) < 4.78 is 0. The van der Waals surface area contributed by atoms with E-state index < -0.39 is 0 Å². The Balaban J connectivity index is 1.48. The third-order valence-corrected chi connectivity index (χ3v) is 5.50. The monoisotopic (exact) mass is 374 g/mol. The lowest BCUT2D eigenvalue weighted by Crippen LogP contribution is -2.47. The zero-order valence-corrected chi connectivity index (χ0v) is 15.5. The molecular weight excluding hydrogens is 356 g/mol. The van der Waals surface area contributed by atoms with Crippen molar-refractivity contribution in [3.05, 3.63) is 59.7 Å². The number of rotatable bonds is 3. The molecule has 0 atom stereocenters. The van der Waals surface area contributed by atoms with Crippen LogP contribution in [0.4, 0.5) is 11.6 Å². The Labute approximate surface area is 161 Å². The van der Waals surface area contributed by atoms with Crippen molar-refractivity contribution in [1.82, 2.24) is 19.9 Å². The molecule has 3 aromatic heterocycles. The largest absolute Gasteiger partial charge is 0.352 e. The normalized spacial score (nSPS) is 14.7. The lowest BCUT2D eigenvalue weighted by molar-refractivity contribution is 0.642. The number of para-hydroxylation sites is 1. The molecule has 0 spiro atoms. The van der Waals surface area contributed by atoms with E-state index in [0.717, 1.165) is 60.1 Å². The van der Waals surface area contributed by atoms with Crippen LogP contribution in [0, 0.1) is 0 Å². The van der Waals surface area contributed by atoms with E-state index in [1.54, 1.807) is 23.7 Å². The third-order valence-electron chi connectivity index (χ3n) is 4.82. The number of fused-ring (bicyclic) bond motifs is 1. The van der Waals surface area contributed by atoms with Gasteiger partial charge in [0.1, 0.15) is 11.6 Å². The molecule has 4 heterocycles. The fraction of sp³-hybridized carbons (Fsp3) is 0.200. The van der Waals surface area contributed by atoms with Gasteiger partial charge in [-0.15, -0.1) is 0 Å². The average molecular weight is 374 g/mol. The second-order valence-corrected chi connectivity index (χ2v) is 7.22. The smallest absolute Gasteiger partial charge is 0.162 e. The molecule has 1 saturated heterocycles. The molecule has 1 aliphatic heterocycles. The van der Waals surface area contributed by atoms with Crippen LogP contribution < -0.4 is 9.80 Å². The zero-order chi connectivity index (χ0) is 18.1. The molecule has 134 valence electrons. The van der Waals surface area contributed by atoms with Gasteiger partial charge in [0.2, 0.25) is 0 Å². The first kappa shape index (κ1) is 16.1. The molecule has 0 radical (unpaired) electrons. The summed E-state index contributed by atoms with van der Waals surface area (Å²) in [5.41, 5.74) is 2.06. The van der Waals surface area contributed by atoms with E-state index in [-0.39, 0.29) is 0 Å². The molecule has 0 amide bonds. The molecule has 5 rings (SSSR count). The van der Waals surface area contributed by atoms with Gasteiger partial charge in [-0.25, -0.2) is 15.0 Å². The van der Waals surface area contributed by atoms with Crippen molar-refractivity contribution >= 4 is 33.9 Å². The molecule has 6 nitrogen and oxygen atoms in total. The summed E-state index contributed by atoms with van der Waals surface area (Å²) in [7, 11) is 0. The van der Waals surface area contributed by atoms with Gasteiger partial charge >= 0.3 is 0 Å². The van der Waals surface area contributed by atoms with E-state index in [1.165, 1.54) is 0 Å². The number of piperazine rings is 1. The summed E-state index contributed by atoms with van der Waals surface area (Å²) in [5.74, 6) is 2.74. The van der Waals surface area contributed by atoms with Gasteiger partial charge in [-0.05, 0) is 23.6 Å². The van der Waals surface area contributed by atoms with Crippen LogP contribution in [0.1, 0.15) is 0 Å². The summed E-state index contributed by atoms with van der Waals surface area (Å²) in [6, 6.07) is 10.3. The molecular formula is C20H18N6S. The van der Waals surface area contributed by atoms with E-state index >= 15 is 0 Å². The second kappa shape index (κ2) is 6.92. The van der Waals surface area contributed by atoms with Crippen LogP contribution in [0.2, 0.25) is 0 Å². The van der Waals surface area contributed by atoms with Crippen molar-refractivity contribution in [3.63, 3.8) is 0 Å². The van der Waals surface area contributed by atoms with Crippen LogP contribution in [0.15, 0.2) is 59.7 Å². The lowest BCUT2D eigenvalue weighted by Gasteiger charge is -2.36. The average Bonchev–Trinajstić information content (AvgIpc) is 3.29. The maximum Gasteiger partial charge on any atom is 0.162 e. The summed E-state index contributed by atoms with van der Waals surface area (Å²) in [4.78, 5) is 22.9. The lowest BCUT2D eigenvalue weighted by atomic mass is 10.2. The SMILES string of the molecule is c1ccc2c(N3CCN(c4cnccn4)CC3)nc(-c3ccsc3)nc2c1. The van der Waals surface area contributed by atoms with Crippen LogP contribution in [0.25, 0.3) is 22.3 Å². The van der Waals surface area contributed by atoms with E-state index in [1.807, 2.05) is 12.3 Å². The number of nitrogens with zero attached hydrogens (tertiary/aromatic N) is 6. The number of hydrogen-bond donors (Lipinski definition) is 0. The van der Waals surface area contributed by atoms with Gasteiger partial charge in [-0.1, -0.05) is 12.1 Å². The molecule has 0 unspecified atom stereocenters. The van der Waals surface area contributed by atoms with Gasteiger partial charge in [0.15, 0.2) is 5.82 Å². The minimum atomic E-state index is 0.793. The van der Waals surface area contributed by atoms with Gasteiger partial charge in [-0.3, -0.25) is 4.98 Å². The molecule has 4 aromatic rings. The minimum Gasteiger partial charge on any atom is -0.352 e. The minimum absolute atomic E-state index is 0.793. The molecule has 1 aromatic carbocycles. The highest BCUT2D eigenvalue weighted by molar-refractivity contribution is 7.08. The zero-order valence-electron chi connectivity index (χ0n) is 14.7. The molecule has 1 aliphatic rings. The van der Waals surface area contributed by atoms with Crippen LogP contribution in [0.3, 0.4) is 0 Å².